The van der Waals surface area contributed by atoms with Crippen LogP contribution in [0.15, 0.2) is 60.7 Å². The van der Waals surface area contributed by atoms with Crippen molar-refractivity contribution in [2.24, 2.45) is 0 Å². The van der Waals surface area contributed by atoms with Gasteiger partial charge in [-0.05, 0) is 52.5 Å². The SMILES string of the molecule is CN(C)B(Nc1ccccc1)B(Nc1ccccc1)N(C)C. The van der Waals surface area contributed by atoms with Gasteiger partial charge in [-0.1, -0.05) is 36.4 Å². The van der Waals surface area contributed by atoms with Crippen LogP contribution in [0.5, 0.6) is 0 Å². The van der Waals surface area contributed by atoms with E-state index >= 15 is 0 Å². The van der Waals surface area contributed by atoms with E-state index in [0.717, 1.165) is 11.4 Å². The number of rotatable bonds is 7. The third-order valence-electron chi connectivity index (χ3n) is 3.59. The van der Waals surface area contributed by atoms with Crippen molar-refractivity contribution < 1.29 is 0 Å². The van der Waals surface area contributed by atoms with Gasteiger partial charge >= 0.3 is 13.7 Å². The molecule has 2 aromatic carbocycles. The minimum atomic E-state index is 0.123. The highest BCUT2D eigenvalue weighted by Crippen LogP contribution is 2.12. The molecule has 0 atom stereocenters. The van der Waals surface area contributed by atoms with Crippen molar-refractivity contribution >= 4 is 25.1 Å². The molecule has 0 amide bonds. The Balaban J connectivity index is 2.18. The molecular weight excluding hydrogens is 270 g/mol. The van der Waals surface area contributed by atoms with Crippen LogP contribution in [0.2, 0.25) is 0 Å². The first-order chi connectivity index (χ1) is 10.6. The quantitative estimate of drug-likeness (QED) is 0.768. The molecule has 0 saturated carbocycles. The van der Waals surface area contributed by atoms with E-state index in [0.29, 0.717) is 0 Å². The molecule has 0 fully saturated rings. The fraction of sp³-hybridized carbons (Fsp3) is 0.250. The highest BCUT2D eigenvalue weighted by Gasteiger charge is 2.36. The van der Waals surface area contributed by atoms with Gasteiger partial charge in [0, 0.05) is 11.4 Å². The molecule has 0 radical (unpaired) electrons. The summed E-state index contributed by atoms with van der Waals surface area (Å²) in [5, 5.41) is 7.20. The fourth-order valence-electron chi connectivity index (χ4n) is 2.39. The van der Waals surface area contributed by atoms with E-state index in [9.17, 15) is 0 Å². The molecule has 22 heavy (non-hydrogen) atoms. The summed E-state index contributed by atoms with van der Waals surface area (Å²) in [4.78, 5) is 4.38. The minimum absolute atomic E-state index is 0.123. The van der Waals surface area contributed by atoms with Crippen LogP contribution < -0.4 is 10.5 Å². The first-order valence-electron chi connectivity index (χ1n) is 7.54. The van der Waals surface area contributed by atoms with Gasteiger partial charge in [-0.3, -0.25) is 0 Å². The van der Waals surface area contributed by atoms with Crippen molar-refractivity contribution in [1.82, 2.24) is 9.62 Å². The summed E-state index contributed by atoms with van der Waals surface area (Å²) >= 11 is 0. The monoisotopic (exact) mass is 294 g/mol. The van der Waals surface area contributed by atoms with Crippen molar-refractivity contribution in [3.05, 3.63) is 60.7 Å². The van der Waals surface area contributed by atoms with Crippen LogP contribution in [0.3, 0.4) is 0 Å². The highest BCUT2D eigenvalue weighted by molar-refractivity contribution is 7.22. The molecular formula is C16H24B2N4. The number of benzene rings is 2. The fourth-order valence-corrected chi connectivity index (χ4v) is 2.39. The first-order valence-corrected chi connectivity index (χ1v) is 7.54. The molecule has 0 aromatic heterocycles. The lowest BCUT2D eigenvalue weighted by Gasteiger charge is -2.32. The molecule has 2 rings (SSSR count). The number of anilines is 2. The van der Waals surface area contributed by atoms with Gasteiger partial charge in [0.25, 0.3) is 0 Å². The Bertz CT molecular complexity index is 497. The number of hydrogen-bond acceptors (Lipinski definition) is 4. The van der Waals surface area contributed by atoms with Crippen LogP contribution in [0.25, 0.3) is 0 Å². The van der Waals surface area contributed by atoms with E-state index in [1.54, 1.807) is 0 Å². The molecule has 0 unspecified atom stereocenters. The Labute approximate surface area is 134 Å². The van der Waals surface area contributed by atoms with Crippen LogP contribution in [0.4, 0.5) is 11.4 Å². The second kappa shape index (κ2) is 7.92. The van der Waals surface area contributed by atoms with Gasteiger partial charge in [0.15, 0.2) is 0 Å². The lowest BCUT2D eigenvalue weighted by atomic mass is 9.32. The molecule has 0 bridgehead atoms. The van der Waals surface area contributed by atoms with E-state index in [1.807, 2.05) is 36.4 Å². The average Bonchev–Trinajstić information content (AvgIpc) is 2.52. The molecule has 0 heterocycles. The summed E-state index contributed by atoms with van der Waals surface area (Å²) in [6.07, 6.45) is 0. The van der Waals surface area contributed by atoms with Gasteiger partial charge in [0.1, 0.15) is 0 Å². The summed E-state index contributed by atoms with van der Waals surface area (Å²) in [6, 6.07) is 20.6. The molecule has 0 saturated heterocycles. The minimum Gasteiger partial charge on any atom is -0.418 e. The largest absolute Gasteiger partial charge is 0.418 e. The van der Waals surface area contributed by atoms with Crippen molar-refractivity contribution in [1.29, 1.82) is 0 Å². The highest BCUT2D eigenvalue weighted by atomic mass is 15.1. The molecule has 114 valence electrons. The van der Waals surface area contributed by atoms with Crippen molar-refractivity contribution in [2.45, 2.75) is 0 Å². The summed E-state index contributed by atoms with van der Waals surface area (Å²) in [6.45, 7) is 0.246. The molecule has 0 spiro atoms. The predicted molar refractivity (Wildman–Crippen MR) is 99.0 cm³/mol. The van der Waals surface area contributed by atoms with Gasteiger partial charge in [-0.2, -0.15) is 0 Å². The van der Waals surface area contributed by atoms with Crippen molar-refractivity contribution in [2.75, 3.05) is 38.6 Å². The molecule has 4 nitrogen and oxygen atoms in total. The third-order valence-corrected chi connectivity index (χ3v) is 3.59. The summed E-state index contributed by atoms with van der Waals surface area (Å²) in [5.74, 6) is 0. The van der Waals surface area contributed by atoms with E-state index in [4.69, 9.17) is 0 Å². The van der Waals surface area contributed by atoms with E-state index in [1.165, 1.54) is 0 Å². The molecule has 0 aliphatic heterocycles. The Morgan fingerprint density at radius 3 is 1.18 bits per heavy atom. The standard InChI is InChI=1S/C16H24B2N4/c1-21(2)17(19-15-11-7-5-8-12-15)18(22(3)4)20-16-13-9-6-10-14-16/h5-14,19-20H,1-4H3. The Kier molecular flexibility index (Phi) is 5.92. The van der Waals surface area contributed by atoms with Gasteiger partial charge < -0.3 is 20.1 Å². The molecule has 0 aliphatic carbocycles. The zero-order valence-corrected chi connectivity index (χ0v) is 13.8. The number of hydrogen-bond donors (Lipinski definition) is 2. The number of nitrogens with zero attached hydrogens (tertiary/aromatic N) is 2. The number of nitrogens with one attached hydrogen (secondary N) is 2. The summed E-state index contributed by atoms with van der Waals surface area (Å²) in [7, 11) is 8.35. The Morgan fingerprint density at radius 1 is 0.591 bits per heavy atom. The van der Waals surface area contributed by atoms with E-state index in [-0.39, 0.29) is 13.7 Å². The summed E-state index contributed by atoms with van der Waals surface area (Å²) < 4.78 is 0. The van der Waals surface area contributed by atoms with Crippen LogP contribution >= 0.6 is 0 Å². The molecule has 2 N–H and O–H groups in total. The maximum atomic E-state index is 3.60. The second-order valence-electron chi connectivity index (χ2n) is 5.84. The first kappa shape index (κ1) is 16.5. The maximum absolute atomic E-state index is 3.60. The van der Waals surface area contributed by atoms with Gasteiger partial charge in [0.2, 0.25) is 0 Å². The van der Waals surface area contributed by atoms with Crippen molar-refractivity contribution in [3.63, 3.8) is 0 Å². The number of para-hydroxylation sites is 2. The van der Waals surface area contributed by atoms with Crippen LogP contribution in [0.1, 0.15) is 0 Å². The van der Waals surface area contributed by atoms with E-state index < -0.39 is 0 Å². The van der Waals surface area contributed by atoms with Crippen LogP contribution in [0, 0.1) is 0 Å². The lowest BCUT2D eigenvalue weighted by molar-refractivity contribution is 0.625. The zero-order chi connectivity index (χ0) is 15.9. The Morgan fingerprint density at radius 2 is 0.909 bits per heavy atom. The van der Waals surface area contributed by atoms with Crippen LogP contribution in [-0.2, 0) is 0 Å². The maximum Gasteiger partial charge on any atom is 0.348 e. The molecule has 2 aromatic rings. The zero-order valence-electron chi connectivity index (χ0n) is 13.8. The smallest absolute Gasteiger partial charge is 0.348 e. The van der Waals surface area contributed by atoms with Gasteiger partial charge in [-0.25, -0.2) is 0 Å². The van der Waals surface area contributed by atoms with Gasteiger partial charge in [-0.15, -0.1) is 0 Å². The topological polar surface area (TPSA) is 30.5 Å². The normalized spacial score (nSPS) is 10.6. The Hall–Kier alpha value is -1.91. The molecule has 0 aliphatic rings. The lowest BCUT2D eigenvalue weighted by Crippen LogP contribution is -2.63. The third kappa shape index (κ3) is 4.55. The average molecular weight is 294 g/mol. The van der Waals surface area contributed by atoms with Crippen molar-refractivity contribution in [3.8, 4) is 0 Å². The molecule has 6 heteroatoms. The second-order valence-corrected chi connectivity index (χ2v) is 5.84. The van der Waals surface area contributed by atoms with Crippen LogP contribution in [-0.4, -0.2) is 51.6 Å². The summed E-state index contributed by atoms with van der Waals surface area (Å²) in [5.41, 5.74) is 2.23. The van der Waals surface area contributed by atoms with E-state index in [2.05, 4.69) is 72.5 Å². The predicted octanol–water partition coefficient (Wildman–Crippen LogP) is 2.39. The van der Waals surface area contributed by atoms with Gasteiger partial charge in [0.05, 0.1) is 0 Å².